The summed E-state index contributed by atoms with van der Waals surface area (Å²) in [5, 5.41) is 0. The molecule has 3 rings (SSSR count). The van der Waals surface area contributed by atoms with Gasteiger partial charge in [-0.15, -0.1) is 11.3 Å². The van der Waals surface area contributed by atoms with E-state index in [1.807, 2.05) is 0 Å². The average molecular weight is 379 g/mol. The van der Waals surface area contributed by atoms with E-state index in [-0.39, 0.29) is 10.8 Å². The van der Waals surface area contributed by atoms with Gasteiger partial charge in [0.1, 0.15) is 0 Å². The number of anilines is 2. The van der Waals surface area contributed by atoms with Crippen LogP contribution in [0.25, 0.3) is 20.9 Å². The van der Waals surface area contributed by atoms with Gasteiger partial charge in [-0.1, -0.05) is 90.1 Å². The van der Waals surface area contributed by atoms with Gasteiger partial charge in [0.15, 0.2) is 0 Å². The molecule has 3 heteroatoms. The number of hydrogen-bond donors (Lipinski definition) is 2. The highest BCUT2D eigenvalue weighted by Gasteiger charge is 2.19. The van der Waals surface area contributed by atoms with Crippen molar-refractivity contribution in [2.45, 2.75) is 52.4 Å². The monoisotopic (exact) mass is 378 g/mol. The third-order valence-corrected chi connectivity index (χ3v) is 6.33. The van der Waals surface area contributed by atoms with Gasteiger partial charge in [0.05, 0.1) is 21.1 Å². The molecule has 0 unspecified atom stereocenters. The van der Waals surface area contributed by atoms with Crippen molar-refractivity contribution in [2.24, 2.45) is 0 Å². The maximum Gasteiger partial charge on any atom is 0.0744 e. The molecule has 0 fully saturated rings. The van der Waals surface area contributed by atoms with Gasteiger partial charge in [-0.25, -0.2) is 0 Å². The lowest BCUT2D eigenvalue weighted by Crippen LogP contribution is -2.10. The normalized spacial score (nSPS) is 12.4. The van der Waals surface area contributed by atoms with Crippen molar-refractivity contribution < 1.29 is 0 Å². The lowest BCUT2D eigenvalue weighted by atomic mass is 9.86. The first-order valence-electron chi connectivity index (χ1n) is 9.38. The zero-order chi connectivity index (χ0) is 20.0. The molecule has 4 N–H and O–H groups in total. The van der Waals surface area contributed by atoms with Crippen molar-refractivity contribution in [1.29, 1.82) is 0 Å². The molecule has 0 bridgehead atoms. The fourth-order valence-electron chi connectivity index (χ4n) is 3.13. The molecule has 2 aromatic carbocycles. The molecule has 0 spiro atoms. The second kappa shape index (κ2) is 6.72. The van der Waals surface area contributed by atoms with Crippen molar-refractivity contribution in [2.75, 3.05) is 11.5 Å². The van der Waals surface area contributed by atoms with Gasteiger partial charge >= 0.3 is 0 Å². The Morgan fingerprint density at radius 3 is 1.11 bits per heavy atom. The minimum absolute atomic E-state index is 0.137. The second-order valence-corrected chi connectivity index (χ2v) is 10.3. The average Bonchev–Trinajstić information content (AvgIpc) is 2.89. The zero-order valence-electron chi connectivity index (χ0n) is 17.2. The van der Waals surface area contributed by atoms with E-state index in [1.165, 1.54) is 11.1 Å². The van der Waals surface area contributed by atoms with Crippen molar-refractivity contribution in [3.63, 3.8) is 0 Å². The third kappa shape index (κ3) is 3.89. The predicted molar refractivity (Wildman–Crippen MR) is 121 cm³/mol. The largest absolute Gasteiger partial charge is 0.396 e. The number of thiophene rings is 1. The smallest absolute Gasteiger partial charge is 0.0744 e. The number of benzene rings is 2. The van der Waals surface area contributed by atoms with Crippen LogP contribution in [-0.4, -0.2) is 0 Å². The topological polar surface area (TPSA) is 52.0 Å². The standard InChI is InChI=1S/C24H30N2S/c1-23(2,3)17-11-7-15(8-12-17)21-19(25)20(26)22(27-21)16-9-13-18(14-10-16)24(4,5)6/h7-14H,25-26H2,1-6H3. The summed E-state index contributed by atoms with van der Waals surface area (Å²) in [6.45, 7) is 13.3. The highest BCUT2D eigenvalue weighted by atomic mass is 32.1. The van der Waals surface area contributed by atoms with Crippen LogP contribution in [0.15, 0.2) is 48.5 Å². The molecule has 3 aromatic rings. The van der Waals surface area contributed by atoms with Gasteiger partial charge in [0.25, 0.3) is 0 Å². The Balaban J connectivity index is 1.99. The van der Waals surface area contributed by atoms with E-state index in [9.17, 15) is 0 Å². The summed E-state index contributed by atoms with van der Waals surface area (Å²) >= 11 is 1.67. The van der Waals surface area contributed by atoms with Crippen molar-refractivity contribution >= 4 is 22.7 Å². The van der Waals surface area contributed by atoms with E-state index in [4.69, 9.17) is 11.5 Å². The van der Waals surface area contributed by atoms with E-state index in [1.54, 1.807) is 11.3 Å². The van der Waals surface area contributed by atoms with Crippen LogP contribution in [0, 0.1) is 0 Å². The van der Waals surface area contributed by atoms with Gasteiger partial charge in [0, 0.05) is 0 Å². The Morgan fingerprint density at radius 1 is 0.556 bits per heavy atom. The maximum absolute atomic E-state index is 6.38. The molecule has 142 valence electrons. The zero-order valence-corrected chi connectivity index (χ0v) is 18.0. The number of hydrogen-bond acceptors (Lipinski definition) is 3. The Labute approximate surface area is 167 Å². The summed E-state index contributed by atoms with van der Waals surface area (Å²) in [7, 11) is 0. The van der Waals surface area contributed by atoms with Crippen LogP contribution in [0.3, 0.4) is 0 Å². The van der Waals surface area contributed by atoms with Gasteiger partial charge in [0.2, 0.25) is 0 Å². The molecule has 27 heavy (non-hydrogen) atoms. The van der Waals surface area contributed by atoms with Crippen molar-refractivity contribution in [3.05, 3.63) is 59.7 Å². The van der Waals surface area contributed by atoms with Gasteiger partial charge < -0.3 is 11.5 Å². The van der Waals surface area contributed by atoms with Gasteiger partial charge in [-0.05, 0) is 33.1 Å². The molecule has 0 saturated heterocycles. The molecule has 1 heterocycles. The molecule has 0 saturated carbocycles. The highest BCUT2D eigenvalue weighted by Crippen LogP contribution is 2.46. The number of rotatable bonds is 2. The predicted octanol–water partition coefficient (Wildman–Crippen LogP) is 6.84. The second-order valence-electron chi connectivity index (χ2n) is 9.24. The first kappa shape index (κ1) is 19.5. The fraction of sp³-hybridized carbons (Fsp3) is 0.333. The van der Waals surface area contributed by atoms with Crippen molar-refractivity contribution in [3.8, 4) is 20.9 Å². The summed E-state index contributed by atoms with van der Waals surface area (Å²) in [4.78, 5) is 2.09. The number of nitrogen functional groups attached to an aromatic ring is 2. The summed E-state index contributed by atoms with van der Waals surface area (Å²) in [5.74, 6) is 0. The third-order valence-electron chi connectivity index (χ3n) is 5.01. The molecule has 0 radical (unpaired) electrons. The Kier molecular flexibility index (Phi) is 4.85. The maximum atomic E-state index is 6.38. The summed E-state index contributed by atoms with van der Waals surface area (Å²) in [5.41, 5.74) is 19.3. The molecule has 2 nitrogen and oxygen atoms in total. The lowest BCUT2D eigenvalue weighted by Gasteiger charge is -2.19. The summed E-state index contributed by atoms with van der Waals surface area (Å²) < 4.78 is 0. The Hall–Kier alpha value is -2.26. The minimum Gasteiger partial charge on any atom is -0.396 e. The summed E-state index contributed by atoms with van der Waals surface area (Å²) in [6.07, 6.45) is 0. The molecule has 0 aliphatic heterocycles. The quantitative estimate of drug-likeness (QED) is 0.513. The lowest BCUT2D eigenvalue weighted by molar-refractivity contribution is 0.590. The van der Waals surface area contributed by atoms with Crippen LogP contribution >= 0.6 is 11.3 Å². The van der Waals surface area contributed by atoms with Crippen LogP contribution in [0.4, 0.5) is 11.4 Å². The van der Waals surface area contributed by atoms with Crippen LogP contribution < -0.4 is 11.5 Å². The fourth-order valence-corrected chi connectivity index (χ4v) is 4.28. The first-order chi connectivity index (χ1) is 12.5. The van der Waals surface area contributed by atoms with Crippen LogP contribution in [0.5, 0.6) is 0 Å². The van der Waals surface area contributed by atoms with Crippen molar-refractivity contribution in [1.82, 2.24) is 0 Å². The molecular formula is C24H30N2S. The minimum atomic E-state index is 0.137. The molecule has 0 amide bonds. The van der Waals surface area contributed by atoms with E-state index in [2.05, 4.69) is 90.1 Å². The van der Waals surface area contributed by atoms with E-state index >= 15 is 0 Å². The summed E-state index contributed by atoms with van der Waals surface area (Å²) in [6, 6.07) is 17.3. The molecule has 1 aromatic heterocycles. The molecule has 0 aliphatic rings. The Bertz CT molecular complexity index is 856. The van der Waals surface area contributed by atoms with E-state index < -0.39 is 0 Å². The SMILES string of the molecule is CC(C)(C)c1ccc(-c2sc(-c3ccc(C(C)(C)C)cc3)c(N)c2N)cc1. The van der Waals surface area contributed by atoms with Gasteiger partial charge in [-0.2, -0.15) is 0 Å². The molecular weight excluding hydrogens is 348 g/mol. The van der Waals surface area contributed by atoms with Gasteiger partial charge in [-0.3, -0.25) is 0 Å². The Morgan fingerprint density at radius 2 is 0.852 bits per heavy atom. The number of nitrogens with two attached hydrogens (primary N) is 2. The highest BCUT2D eigenvalue weighted by molar-refractivity contribution is 7.20. The van der Waals surface area contributed by atoms with E-state index in [0.29, 0.717) is 11.4 Å². The molecule has 0 aliphatic carbocycles. The van der Waals surface area contributed by atoms with E-state index in [0.717, 1.165) is 20.9 Å². The first-order valence-corrected chi connectivity index (χ1v) is 10.2. The van der Waals surface area contributed by atoms with Crippen LogP contribution in [0.2, 0.25) is 0 Å². The van der Waals surface area contributed by atoms with Crippen LogP contribution in [-0.2, 0) is 10.8 Å². The van der Waals surface area contributed by atoms with Crippen LogP contribution in [0.1, 0.15) is 52.7 Å². The molecule has 0 atom stereocenters.